The number of thioether (sulfide) groups is 1. The molecule has 2 aromatic heterocycles. The van der Waals surface area contributed by atoms with E-state index in [4.69, 9.17) is 10.6 Å². The molecule has 2 aromatic rings. The number of carbonyl (C=O) groups excluding carboxylic acids is 3. The number of carboxylic acids is 2. The molecule has 1 fully saturated rings. The van der Waals surface area contributed by atoms with Crippen LogP contribution in [0.5, 0.6) is 0 Å². The molecule has 0 radical (unpaired) electrons. The highest BCUT2D eigenvalue weighted by atomic mass is 32.2. The number of aryl methyl sites for hydroxylation is 1. The van der Waals surface area contributed by atoms with Crippen LogP contribution in [-0.4, -0.2) is 77.1 Å². The van der Waals surface area contributed by atoms with Crippen LogP contribution in [0.15, 0.2) is 34.3 Å². The largest absolute Gasteiger partial charge is 0.478 e. The lowest BCUT2D eigenvalue weighted by Crippen LogP contribution is -2.62. The average molecular weight is 619 g/mol. The average Bonchev–Trinajstić information content (AvgIpc) is 3.34. The van der Waals surface area contributed by atoms with Gasteiger partial charge in [0.2, 0.25) is 17.4 Å². The van der Waals surface area contributed by atoms with Crippen LogP contribution in [0.25, 0.3) is 0 Å². The van der Waals surface area contributed by atoms with Gasteiger partial charge >= 0.3 is 11.9 Å². The molecule has 15 nitrogen and oxygen atoms in total. The zero-order valence-corrected chi connectivity index (χ0v) is 24.6. The Morgan fingerprint density at radius 2 is 2.02 bits per heavy atom. The van der Waals surface area contributed by atoms with Crippen molar-refractivity contribution in [2.75, 3.05) is 16.8 Å². The maximum Gasteiger partial charge on any atom is 0.352 e. The van der Waals surface area contributed by atoms with Gasteiger partial charge in [-0.15, -0.1) is 23.1 Å². The van der Waals surface area contributed by atoms with Crippen LogP contribution in [-0.2, 0) is 35.4 Å². The van der Waals surface area contributed by atoms with Crippen molar-refractivity contribution in [1.82, 2.24) is 14.9 Å². The Balaban J connectivity index is 1.56. The number of hydrogen-bond acceptors (Lipinski definition) is 12. The molecule has 4 rings (SSSR count). The minimum atomic E-state index is -1.75. The lowest BCUT2D eigenvalue weighted by molar-refractivity contribution is -0.691. The van der Waals surface area contributed by atoms with Crippen LogP contribution in [0.1, 0.15) is 38.6 Å². The van der Waals surface area contributed by atoms with E-state index in [1.54, 1.807) is 17.7 Å². The second-order valence-electron chi connectivity index (χ2n) is 10.0. The van der Waals surface area contributed by atoms with E-state index in [0.717, 1.165) is 11.3 Å². The van der Waals surface area contributed by atoms with Crippen molar-refractivity contribution >= 4 is 69.2 Å². The van der Waals surface area contributed by atoms with E-state index < -0.39 is 40.5 Å². The summed E-state index contributed by atoms with van der Waals surface area (Å²) < 4.78 is 1.61. The van der Waals surface area contributed by atoms with Crippen molar-refractivity contribution in [3.63, 3.8) is 0 Å². The van der Waals surface area contributed by atoms with E-state index in [1.807, 2.05) is 0 Å². The molecule has 2 amide bonds. The summed E-state index contributed by atoms with van der Waals surface area (Å²) in [6.07, 6.45) is 2.80. The Morgan fingerprint density at radius 1 is 1.31 bits per heavy atom. The van der Waals surface area contributed by atoms with E-state index >= 15 is 0 Å². The normalized spacial score (nSPS) is 18.7. The number of anilines is 2. The van der Waals surface area contributed by atoms with E-state index in [2.05, 4.69) is 20.4 Å². The number of carboxylic acid groups (broad SMARTS) is 2. The van der Waals surface area contributed by atoms with Gasteiger partial charge in [-0.3, -0.25) is 19.3 Å². The van der Waals surface area contributed by atoms with Crippen LogP contribution >= 0.6 is 23.1 Å². The molecule has 1 unspecified atom stereocenters. The molecular formula is C25H28N7O8S2+. The number of fused-ring (bicyclic) bond motifs is 1. The first kappa shape index (κ1) is 30.6. The van der Waals surface area contributed by atoms with Crippen LogP contribution in [0.3, 0.4) is 0 Å². The fourth-order valence-electron chi connectivity index (χ4n) is 4.21. The molecule has 17 heteroatoms. The van der Waals surface area contributed by atoms with Crippen molar-refractivity contribution < 1.29 is 43.6 Å². The van der Waals surface area contributed by atoms with Gasteiger partial charge in [0.25, 0.3) is 6.33 Å². The highest BCUT2D eigenvalue weighted by Gasteiger charge is 2.54. The predicted molar refractivity (Wildman–Crippen MR) is 150 cm³/mol. The molecule has 2 atom stereocenters. The van der Waals surface area contributed by atoms with Crippen LogP contribution < -0.4 is 15.6 Å². The third kappa shape index (κ3) is 6.25. The maximum absolute atomic E-state index is 13.3. The van der Waals surface area contributed by atoms with Crippen LogP contribution in [0.4, 0.5) is 10.8 Å². The number of ketones is 1. The van der Waals surface area contributed by atoms with Gasteiger partial charge in [-0.25, -0.2) is 19.1 Å². The van der Waals surface area contributed by atoms with Crippen molar-refractivity contribution in [1.29, 1.82) is 0 Å². The second-order valence-corrected chi connectivity index (χ2v) is 12.0. The summed E-state index contributed by atoms with van der Waals surface area (Å²) in [5.74, 6) is -4.67. The Bertz CT molecular complexity index is 1550. The first-order valence-corrected chi connectivity index (χ1v) is 14.4. The highest BCUT2D eigenvalue weighted by molar-refractivity contribution is 8.00. The smallest absolute Gasteiger partial charge is 0.352 e. The predicted octanol–water partition coefficient (Wildman–Crippen LogP) is 0.788. The fraction of sp³-hybridized carbons (Fsp3) is 0.400. The van der Waals surface area contributed by atoms with E-state index in [1.165, 1.54) is 49.1 Å². The number of aliphatic carboxylic acids is 2. The molecule has 0 saturated carbocycles. The molecule has 0 spiro atoms. The highest BCUT2D eigenvalue weighted by Crippen LogP contribution is 2.45. The summed E-state index contributed by atoms with van der Waals surface area (Å²) in [6, 6.07) is 0. The SMILES string of the molecule is CC(=O)Nc1c[n+](CC2=C(C(=O)O)N3C(=O)[C@@H](CC(=O)/C(=N\OC(C)(C)C(=O)O)c4csc(N)n4)C3SC2)cnc1C. The zero-order valence-electron chi connectivity index (χ0n) is 23.0. The lowest BCUT2D eigenvalue weighted by Gasteiger charge is -2.49. The number of Topliss-reactive ketones (excluding diaryl/α,β-unsaturated/α-hetero) is 1. The molecule has 0 aromatic carbocycles. The Hall–Kier alpha value is -4.38. The van der Waals surface area contributed by atoms with Gasteiger partial charge < -0.3 is 26.1 Å². The number of aromatic nitrogens is 3. The summed E-state index contributed by atoms with van der Waals surface area (Å²) in [6.45, 7) is 5.70. The molecule has 5 N–H and O–H groups in total. The lowest BCUT2D eigenvalue weighted by atomic mass is 9.89. The van der Waals surface area contributed by atoms with Gasteiger partial charge in [0.05, 0.1) is 11.3 Å². The summed E-state index contributed by atoms with van der Waals surface area (Å²) in [5.41, 5.74) is 5.06. The number of nitrogens with one attached hydrogen (secondary N) is 1. The number of nitrogens with two attached hydrogens (primary N) is 1. The minimum Gasteiger partial charge on any atom is -0.478 e. The third-order valence-corrected chi connectivity index (χ3v) is 8.51. The van der Waals surface area contributed by atoms with Crippen molar-refractivity contribution in [2.45, 2.75) is 51.6 Å². The van der Waals surface area contributed by atoms with Gasteiger partial charge in [0, 0.05) is 37.0 Å². The molecule has 42 heavy (non-hydrogen) atoms. The summed E-state index contributed by atoms with van der Waals surface area (Å²) >= 11 is 2.35. The molecule has 0 aliphatic carbocycles. The van der Waals surface area contributed by atoms with Crippen LogP contribution in [0, 0.1) is 12.8 Å². The van der Waals surface area contributed by atoms with Gasteiger partial charge in [-0.05, 0) is 13.8 Å². The van der Waals surface area contributed by atoms with E-state index in [0.29, 0.717) is 17.0 Å². The van der Waals surface area contributed by atoms with Gasteiger partial charge in [-0.1, -0.05) is 10.1 Å². The number of rotatable bonds is 11. The fourth-order valence-corrected chi connectivity index (χ4v) is 6.16. The van der Waals surface area contributed by atoms with Crippen molar-refractivity contribution in [3.05, 3.63) is 40.6 Å². The number of amides is 2. The molecule has 0 bridgehead atoms. The second kappa shape index (κ2) is 11.8. The Morgan fingerprint density at radius 3 is 2.62 bits per heavy atom. The summed E-state index contributed by atoms with van der Waals surface area (Å²) in [5, 5.41) is 26.8. The quantitative estimate of drug-likeness (QED) is 0.119. The topological polar surface area (TPSA) is 218 Å². The monoisotopic (exact) mass is 618 g/mol. The maximum atomic E-state index is 13.3. The number of hydrogen-bond donors (Lipinski definition) is 4. The number of oxime groups is 1. The molecule has 4 heterocycles. The molecule has 2 aliphatic rings. The Labute approximate surface area is 247 Å². The first-order chi connectivity index (χ1) is 19.7. The van der Waals surface area contributed by atoms with Crippen LogP contribution in [0.2, 0.25) is 0 Å². The number of carbonyl (C=O) groups is 5. The first-order valence-electron chi connectivity index (χ1n) is 12.5. The number of nitrogens with zero attached hydrogens (tertiary/aromatic N) is 5. The van der Waals surface area contributed by atoms with Crippen molar-refractivity contribution in [3.8, 4) is 0 Å². The molecule has 1 saturated heterocycles. The van der Waals surface area contributed by atoms with Gasteiger partial charge in [-0.2, -0.15) is 0 Å². The summed E-state index contributed by atoms with van der Waals surface area (Å²) in [7, 11) is 0. The minimum absolute atomic E-state index is 0.0689. The third-order valence-electron chi connectivity index (χ3n) is 6.44. The summed E-state index contributed by atoms with van der Waals surface area (Å²) in [4.78, 5) is 76.4. The molecule has 222 valence electrons. The molecule has 2 aliphatic heterocycles. The number of thiazole rings is 1. The Kier molecular flexibility index (Phi) is 8.63. The van der Waals surface area contributed by atoms with Gasteiger partial charge in [0.15, 0.2) is 22.3 Å². The molecular weight excluding hydrogens is 590 g/mol. The van der Waals surface area contributed by atoms with E-state index in [9.17, 15) is 34.2 Å². The standard InChI is InChI=1S/C25H27N7O8S2/c1-11-15(28-12(2)33)7-31(10-27-11)6-13-8-41-21-14(20(35)32(21)19(13)22(36)37)5-17(34)18(16-9-42-24(26)29-16)30-40-25(3,4)23(38)39/h7,9-10,14,21H,5-6,8H2,1-4H3,(H4-,26,28,29,33,36,37,38,39)/p+1/b30-18-/t14-,21?/m1/s1. The van der Waals surface area contributed by atoms with E-state index in [-0.39, 0.29) is 46.9 Å². The van der Waals surface area contributed by atoms with Gasteiger partial charge in [0.1, 0.15) is 29.8 Å². The number of β-lactam (4-membered cyclic amide) rings is 1. The number of nitrogen functional groups attached to an aromatic ring is 1. The zero-order chi connectivity index (χ0) is 30.9. The van der Waals surface area contributed by atoms with Crippen molar-refractivity contribution in [2.24, 2.45) is 11.1 Å².